The Kier molecular flexibility index (Phi) is 12.8. The second-order valence-electron chi connectivity index (χ2n) is 17.3. The monoisotopic (exact) mass is 893 g/mol. The van der Waals surface area contributed by atoms with Gasteiger partial charge in [-0.3, -0.25) is 24.6 Å². The molecule has 0 spiro atoms. The van der Waals surface area contributed by atoms with E-state index in [1.165, 1.54) is 28.8 Å². The molecule has 0 saturated carbocycles. The van der Waals surface area contributed by atoms with Crippen LogP contribution in [-0.2, 0) is 14.8 Å². The highest BCUT2D eigenvalue weighted by Gasteiger charge is 2.31. The third-order valence-electron chi connectivity index (χ3n) is 12.3. The lowest BCUT2D eigenvalue weighted by Crippen LogP contribution is -2.47. The molecule has 14 nitrogen and oxygen atoms in total. The van der Waals surface area contributed by atoms with Crippen LogP contribution in [0.5, 0.6) is 11.5 Å². The summed E-state index contributed by atoms with van der Waals surface area (Å²) in [6.07, 6.45) is 6.91. The highest BCUT2D eigenvalue weighted by Crippen LogP contribution is 2.43. The number of amides is 2. The van der Waals surface area contributed by atoms with E-state index in [1.54, 1.807) is 29.2 Å². The summed E-state index contributed by atoms with van der Waals surface area (Å²) in [4.78, 5) is 46.5. The lowest BCUT2D eigenvalue weighted by Gasteiger charge is -2.39. The van der Waals surface area contributed by atoms with Crippen molar-refractivity contribution in [3.8, 4) is 11.5 Å². The maximum Gasteiger partial charge on any atom is 0.293 e. The molecule has 8 rings (SSSR count). The number of likely N-dealkylation sites (tertiary alicyclic amines) is 1. The number of sulfonamides is 1. The fourth-order valence-corrected chi connectivity index (χ4v) is 9.86. The van der Waals surface area contributed by atoms with Gasteiger partial charge >= 0.3 is 0 Å². The van der Waals surface area contributed by atoms with E-state index in [2.05, 4.69) is 50.8 Å². The van der Waals surface area contributed by atoms with Gasteiger partial charge in [0.1, 0.15) is 17.2 Å². The summed E-state index contributed by atoms with van der Waals surface area (Å²) in [6, 6.07) is 24.1. The maximum absolute atomic E-state index is 13.9. The van der Waals surface area contributed by atoms with E-state index in [9.17, 15) is 28.1 Å². The lowest BCUT2D eigenvalue weighted by atomic mass is 9.72. The molecule has 330 valence electrons. The second kappa shape index (κ2) is 18.4. The first kappa shape index (κ1) is 43.7. The Morgan fingerprint density at radius 3 is 2.49 bits per heavy atom. The number of carbonyl (C=O) groups excluding carboxylic acids is 2. The molecular formula is C47H52ClN7O7S. The van der Waals surface area contributed by atoms with Gasteiger partial charge in [-0.2, -0.15) is 0 Å². The number of hydrogen-bond donors (Lipinski definition) is 3. The maximum atomic E-state index is 13.9. The summed E-state index contributed by atoms with van der Waals surface area (Å²) >= 11 is 6.24. The van der Waals surface area contributed by atoms with Crippen LogP contribution in [0.3, 0.4) is 0 Å². The minimum absolute atomic E-state index is 0.0266. The molecule has 2 amide bonds. The zero-order valence-electron chi connectivity index (χ0n) is 35.5. The molecule has 4 aromatic carbocycles. The van der Waals surface area contributed by atoms with Crippen LogP contribution < -0.4 is 19.7 Å². The van der Waals surface area contributed by atoms with Gasteiger partial charge in [-0.15, -0.1) is 0 Å². The van der Waals surface area contributed by atoms with Gasteiger partial charge in [-0.1, -0.05) is 43.2 Å². The number of benzene rings is 4. The zero-order valence-corrected chi connectivity index (χ0v) is 37.1. The molecule has 0 atom stereocenters. The average Bonchev–Trinajstić information content (AvgIpc) is 3.91. The summed E-state index contributed by atoms with van der Waals surface area (Å²) in [5.74, 6) is -0.254. The van der Waals surface area contributed by atoms with E-state index in [1.807, 2.05) is 36.5 Å². The van der Waals surface area contributed by atoms with Crippen molar-refractivity contribution >= 4 is 67.0 Å². The first-order chi connectivity index (χ1) is 30.2. The Balaban J connectivity index is 0.984. The smallest absolute Gasteiger partial charge is 0.293 e. The Morgan fingerprint density at radius 2 is 1.75 bits per heavy atom. The van der Waals surface area contributed by atoms with Crippen LogP contribution in [0.25, 0.3) is 16.5 Å². The molecule has 2 fully saturated rings. The van der Waals surface area contributed by atoms with E-state index in [-0.39, 0.29) is 28.3 Å². The van der Waals surface area contributed by atoms with Gasteiger partial charge in [0.25, 0.3) is 21.6 Å². The molecule has 1 aromatic heterocycles. The number of nitrogens with one attached hydrogen (secondary N) is 3. The number of piperazine rings is 1. The van der Waals surface area contributed by atoms with Crippen molar-refractivity contribution in [2.24, 2.45) is 5.41 Å². The molecule has 3 aliphatic rings. The second-order valence-corrected chi connectivity index (χ2v) is 19.5. The van der Waals surface area contributed by atoms with Crippen LogP contribution >= 0.6 is 11.6 Å². The van der Waals surface area contributed by atoms with Crippen LogP contribution in [0.4, 0.5) is 17.1 Å². The Bertz CT molecular complexity index is 2670. The van der Waals surface area contributed by atoms with Crippen LogP contribution in [0, 0.1) is 15.5 Å². The SMILES string of the molecule is CC1(C)CCC(CN2CCN(c3ccc(C(=O)NS(=O)(=O)c4ccc(NCCCN5CCCC5=O)c([N+](=O)[O-])c4)c(Oc4ccc5[nH]ccc5c4)c3)CC2)=C(c2ccc(Cl)cc2)C1. The van der Waals surface area contributed by atoms with Gasteiger partial charge < -0.3 is 24.8 Å². The first-order valence-electron chi connectivity index (χ1n) is 21.4. The minimum Gasteiger partial charge on any atom is -0.456 e. The molecule has 2 saturated heterocycles. The van der Waals surface area contributed by atoms with Gasteiger partial charge in [0.15, 0.2) is 0 Å². The number of ether oxygens (including phenoxy) is 1. The molecule has 3 heterocycles. The third kappa shape index (κ3) is 10.3. The molecule has 16 heteroatoms. The van der Waals surface area contributed by atoms with Crippen molar-refractivity contribution < 1.29 is 27.7 Å². The van der Waals surface area contributed by atoms with E-state index >= 15 is 0 Å². The minimum atomic E-state index is -4.57. The number of fused-ring (bicyclic) bond motifs is 1. The highest BCUT2D eigenvalue weighted by molar-refractivity contribution is 7.90. The van der Waals surface area contributed by atoms with E-state index in [4.69, 9.17) is 16.3 Å². The summed E-state index contributed by atoms with van der Waals surface area (Å²) < 4.78 is 35.9. The number of halogens is 1. The van der Waals surface area contributed by atoms with E-state index in [0.29, 0.717) is 38.2 Å². The average molecular weight is 894 g/mol. The van der Waals surface area contributed by atoms with Crippen LogP contribution in [0.2, 0.25) is 5.02 Å². The number of carbonyl (C=O) groups is 2. The number of H-pyrrole nitrogens is 1. The van der Waals surface area contributed by atoms with Crippen molar-refractivity contribution in [2.75, 3.05) is 62.6 Å². The van der Waals surface area contributed by atoms with Gasteiger partial charge in [-0.25, -0.2) is 13.1 Å². The van der Waals surface area contributed by atoms with Crippen molar-refractivity contribution in [1.82, 2.24) is 19.5 Å². The normalized spacial score (nSPS) is 17.0. The van der Waals surface area contributed by atoms with Crippen molar-refractivity contribution in [3.05, 3.63) is 123 Å². The summed E-state index contributed by atoms with van der Waals surface area (Å²) in [5.41, 5.74) is 5.69. The van der Waals surface area contributed by atoms with Gasteiger partial charge in [0.2, 0.25) is 5.91 Å². The number of aromatic amines is 1. The lowest BCUT2D eigenvalue weighted by molar-refractivity contribution is -0.384. The molecule has 0 radical (unpaired) electrons. The summed E-state index contributed by atoms with van der Waals surface area (Å²) in [7, 11) is -4.57. The fourth-order valence-electron chi connectivity index (χ4n) is 8.75. The third-order valence-corrected chi connectivity index (χ3v) is 13.9. The topological polar surface area (TPSA) is 170 Å². The highest BCUT2D eigenvalue weighted by atomic mass is 35.5. The van der Waals surface area contributed by atoms with Crippen LogP contribution in [0.15, 0.2) is 102 Å². The van der Waals surface area contributed by atoms with E-state index in [0.717, 1.165) is 86.1 Å². The van der Waals surface area contributed by atoms with Gasteiger partial charge in [0, 0.05) is 98.7 Å². The fraction of sp³-hybridized carbons (Fsp3) is 0.362. The summed E-state index contributed by atoms with van der Waals surface area (Å²) in [5, 5.41) is 16.7. The molecular weight excluding hydrogens is 842 g/mol. The van der Waals surface area contributed by atoms with Gasteiger partial charge in [-0.05, 0) is 109 Å². The molecule has 1 aliphatic carbocycles. The number of nitro benzene ring substituents is 1. The number of rotatable bonds is 15. The largest absolute Gasteiger partial charge is 0.456 e. The number of hydrogen-bond acceptors (Lipinski definition) is 10. The standard InChI is InChI=1S/C47H52ClN7O7S/c1-47(2)18-16-34(40(30-47)32-6-8-35(48)9-7-32)31-52-23-25-53(26-24-52)36-10-13-39(44(28-36)62-37-11-14-41-33(27-37)17-20-50-41)46(57)51-63(60,61)38-12-15-42(43(29-38)55(58)59)49-19-4-22-54-21-3-5-45(54)56/h6-15,17,20,27-29,49-50H,3-5,16,18-19,21-26,30-31H2,1-2H3,(H,51,57). The number of nitro groups is 1. The molecule has 3 N–H and O–H groups in total. The van der Waals surface area contributed by atoms with Crippen molar-refractivity contribution in [1.29, 1.82) is 0 Å². The quantitative estimate of drug-likeness (QED) is 0.0524. The summed E-state index contributed by atoms with van der Waals surface area (Å²) in [6.45, 7) is 10.2. The molecule has 0 unspecified atom stereocenters. The van der Waals surface area contributed by atoms with Crippen LogP contribution in [0.1, 0.15) is 68.3 Å². The Labute approximate surface area is 372 Å². The van der Waals surface area contributed by atoms with Crippen molar-refractivity contribution in [2.45, 2.75) is 57.3 Å². The van der Waals surface area contributed by atoms with Crippen LogP contribution in [-0.4, -0.2) is 92.3 Å². The Hall–Kier alpha value is -5.90. The first-order valence-corrected chi connectivity index (χ1v) is 23.3. The number of nitrogens with zero attached hydrogens (tertiary/aromatic N) is 4. The van der Waals surface area contributed by atoms with E-state index < -0.39 is 31.4 Å². The molecule has 63 heavy (non-hydrogen) atoms. The number of anilines is 2. The predicted molar refractivity (Wildman–Crippen MR) is 246 cm³/mol. The molecule has 0 bridgehead atoms. The number of allylic oxidation sites excluding steroid dienone is 1. The predicted octanol–water partition coefficient (Wildman–Crippen LogP) is 8.85. The molecule has 2 aliphatic heterocycles. The zero-order chi connectivity index (χ0) is 44.3. The number of aromatic nitrogens is 1. The molecule has 5 aromatic rings. The van der Waals surface area contributed by atoms with Crippen molar-refractivity contribution in [3.63, 3.8) is 0 Å². The Morgan fingerprint density at radius 1 is 0.952 bits per heavy atom. The van der Waals surface area contributed by atoms with Gasteiger partial charge in [0.05, 0.1) is 15.4 Å².